The van der Waals surface area contributed by atoms with Gasteiger partial charge in [-0.05, 0) is 13.0 Å². The minimum Gasteiger partial charge on any atom is -0.357 e. The van der Waals surface area contributed by atoms with Gasteiger partial charge in [-0.15, -0.1) is 16.4 Å². The van der Waals surface area contributed by atoms with Crippen molar-refractivity contribution in [2.75, 3.05) is 0 Å². The number of halogens is 3. The maximum absolute atomic E-state index is 12.4. The lowest BCUT2D eigenvalue weighted by molar-refractivity contribution is -0.144. The summed E-state index contributed by atoms with van der Waals surface area (Å²) in [5, 5.41) is 10.4. The van der Waals surface area contributed by atoms with Gasteiger partial charge in [0.1, 0.15) is 11.5 Å². The van der Waals surface area contributed by atoms with Gasteiger partial charge in [0.2, 0.25) is 0 Å². The van der Waals surface area contributed by atoms with Crippen molar-refractivity contribution >= 4 is 17.2 Å². The van der Waals surface area contributed by atoms with Crippen LogP contribution in [0.1, 0.15) is 27.1 Å². The molecule has 0 spiro atoms. The second-order valence-electron chi connectivity index (χ2n) is 4.84. The summed E-state index contributed by atoms with van der Waals surface area (Å²) in [6, 6.07) is 1.62. The standard InChI is InChI=1S/C13H11F3N6OS/c1-6-19-9(5-24-6)7-2-8(17-3-7)11(23)18-4-10-20-12(22-21-10)13(14,15)16/h2-3,5,17H,4H2,1H3,(H,18,23)(H,20,21,22). The van der Waals surface area contributed by atoms with Gasteiger partial charge >= 0.3 is 6.18 Å². The Morgan fingerprint density at radius 3 is 2.79 bits per heavy atom. The maximum Gasteiger partial charge on any atom is 0.453 e. The molecule has 0 bridgehead atoms. The summed E-state index contributed by atoms with van der Waals surface area (Å²) >= 11 is 1.49. The Kier molecular flexibility index (Phi) is 4.09. The van der Waals surface area contributed by atoms with Crippen LogP contribution in [0.25, 0.3) is 11.3 Å². The van der Waals surface area contributed by atoms with E-state index in [1.54, 1.807) is 12.3 Å². The van der Waals surface area contributed by atoms with Crippen LogP contribution < -0.4 is 5.32 Å². The van der Waals surface area contributed by atoms with E-state index in [-0.39, 0.29) is 18.1 Å². The number of amides is 1. The van der Waals surface area contributed by atoms with Gasteiger partial charge in [-0.2, -0.15) is 13.2 Å². The molecular formula is C13H11F3N6OS. The van der Waals surface area contributed by atoms with Gasteiger partial charge in [-0.3, -0.25) is 9.89 Å². The summed E-state index contributed by atoms with van der Waals surface area (Å²) in [6.07, 6.45) is -2.99. The van der Waals surface area contributed by atoms with Crippen LogP contribution in [-0.4, -0.2) is 31.1 Å². The van der Waals surface area contributed by atoms with Crippen molar-refractivity contribution in [1.29, 1.82) is 0 Å². The number of thiazole rings is 1. The molecule has 0 aliphatic heterocycles. The predicted octanol–water partition coefficient (Wildman–Crippen LogP) is 2.51. The zero-order valence-corrected chi connectivity index (χ0v) is 13.0. The smallest absolute Gasteiger partial charge is 0.357 e. The van der Waals surface area contributed by atoms with Crippen LogP contribution >= 0.6 is 11.3 Å². The van der Waals surface area contributed by atoms with E-state index in [0.29, 0.717) is 0 Å². The molecular weight excluding hydrogens is 345 g/mol. The van der Waals surface area contributed by atoms with E-state index < -0.39 is 17.9 Å². The summed E-state index contributed by atoms with van der Waals surface area (Å²) in [7, 11) is 0. The van der Waals surface area contributed by atoms with Gasteiger partial charge in [0.25, 0.3) is 11.7 Å². The molecule has 7 nitrogen and oxygen atoms in total. The Morgan fingerprint density at radius 1 is 1.38 bits per heavy atom. The van der Waals surface area contributed by atoms with E-state index in [1.807, 2.05) is 12.3 Å². The van der Waals surface area contributed by atoms with E-state index in [1.165, 1.54) is 11.3 Å². The first kappa shape index (κ1) is 16.2. The van der Waals surface area contributed by atoms with Crippen LogP contribution in [0, 0.1) is 6.92 Å². The first-order valence-electron chi connectivity index (χ1n) is 6.70. The summed E-state index contributed by atoms with van der Waals surface area (Å²) in [5.74, 6) is -1.83. The molecule has 3 rings (SSSR count). The molecule has 0 unspecified atom stereocenters. The first-order valence-corrected chi connectivity index (χ1v) is 7.58. The number of aryl methyl sites for hydroxylation is 1. The molecule has 0 atom stereocenters. The van der Waals surface area contributed by atoms with Crippen molar-refractivity contribution < 1.29 is 18.0 Å². The Labute approximate surface area is 137 Å². The van der Waals surface area contributed by atoms with E-state index in [9.17, 15) is 18.0 Å². The highest BCUT2D eigenvalue weighted by Gasteiger charge is 2.36. The van der Waals surface area contributed by atoms with Gasteiger partial charge in [-0.25, -0.2) is 9.97 Å². The molecule has 11 heteroatoms. The van der Waals surface area contributed by atoms with Crippen molar-refractivity contribution in [3.05, 3.63) is 40.0 Å². The van der Waals surface area contributed by atoms with Crippen LogP contribution in [0.3, 0.4) is 0 Å². The van der Waals surface area contributed by atoms with Crippen LogP contribution in [-0.2, 0) is 12.7 Å². The third kappa shape index (κ3) is 3.45. The van der Waals surface area contributed by atoms with Crippen molar-refractivity contribution in [3.8, 4) is 11.3 Å². The molecule has 3 heterocycles. The van der Waals surface area contributed by atoms with E-state index >= 15 is 0 Å². The maximum atomic E-state index is 12.4. The molecule has 3 aromatic heterocycles. The first-order chi connectivity index (χ1) is 11.3. The lowest BCUT2D eigenvalue weighted by Gasteiger charge is -2.00. The molecule has 126 valence electrons. The average Bonchev–Trinajstić information content (AvgIpc) is 3.23. The van der Waals surface area contributed by atoms with Crippen molar-refractivity contribution in [3.63, 3.8) is 0 Å². The molecule has 1 amide bonds. The third-order valence-electron chi connectivity index (χ3n) is 3.04. The quantitative estimate of drug-likeness (QED) is 0.669. The highest BCUT2D eigenvalue weighted by atomic mass is 32.1. The summed E-state index contributed by atoms with van der Waals surface area (Å²) in [6.45, 7) is 1.67. The fraction of sp³-hybridized carbons (Fsp3) is 0.231. The topological polar surface area (TPSA) is 99.3 Å². The van der Waals surface area contributed by atoms with Crippen LogP contribution in [0.5, 0.6) is 0 Å². The minimum absolute atomic E-state index is 0.0856. The largest absolute Gasteiger partial charge is 0.453 e. The van der Waals surface area contributed by atoms with E-state index in [4.69, 9.17) is 0 Å². The summed E-state index contributed by atoms with van der Waals surface area (Å²) < 4.78 is 37.2. The highest BCUT2D eigenvalue weighted by Crippen LogP contribution is 2.25. The Morgan fingerprint density at radius 2 is 2.17 bits per heavy atom. The van der Waals surface area contributed by atoms with Crippen LogP contribution in [0.2, 0.25) is 0 Å². The van der Waals surface area contributed by atoms with E-state index in [2.05, 4.69) is 30.5 Å². The average molecular weight is 356 g/mol. The normalized spacial score (nSPS) is 11.7. The van der Waals surface area contributed by atoms with Gasteiger partial charge in [-0.1, -0.05) is 0 Å². The molecule has 3 aromatic rings. The lowest BCUT2D eigenvalue weighted by atomic mass is 10.2. The van der Waals surface area contributed by atoms with Crippen LogP contribution in [0.4, 0.5) is 13.2 Å². The molecule has 0 saturated carbocycles. The second-order valence-corrected chi connectivity index (χ2v) is 5.90. The summed E-state index contributed by atoms with van der Waals surface area (Å²) in [4.78, 5) is 22.4. The van der Waals surface area contributed by atoms with Crippen molar-refractivity contribution in [2.24, 2.45) is 0 Å². The molecule has 0 aliphatic carbocycles. The van der Waals surface area contributed by atoms with Crippen molar-refractivity contribution in [1.82, 2.24) is 30.5 Å². The molecule has 0 saturated heterocycles. The van der Waals surface area contributed by atoms with E-state index in [0.717, 1.165) is 16.3 Å². The fourth-order valence-electron chi connectivity index (χ4n) is 1.93. The number of carbonyl (C=O) groups is 1. The molecule has 24 heavy (non-hydrogen) atoms. The molecule has 0 fully saturated rings. The number of H-pyrrole nitrogens is 2. The Hall–Kier alpha value is -2.69. The number of carbonyl (C=O) groups excluding carboxylic acids is 1. The monoisotopic (exact) mass is 356 g/mol. The lowest BCUT2D eigenvalue weighted by Crippen LogP contribution is -2.23. The zero-order chi connectivity index (χ0) is 17.3. The fourth-order valence-corrected chi connectivity index (χ4v) is 2.55. The number of hydrogen-bond donors (Lipinski definition) is 3. The van der Waals surface area contributed by atoms with Crippen molar-refractivity contribution in [2.45, 2.75) is 19.6 Å². The number of hydrogen-bond acceptors (Lipinski definition) is 5. The molecule has 0 aliphatic rings. The highest BCUT2D eigenvalue weighted by molar-refractivity contribution is 7.09. The van der Waals surface area contributed by atoms with Gasteiger partial charge in [0.05, 0.1) is 17.2 Å². The number of nitrogens with zero attached hydrogens (tertiary/aromatic N) is 3. The molecule has 0 aromatic carbocycles. The predicted molar refractivity (Wildman–Crippen MR) is 79.2 cm³/mol. The Bertz CT molecular complexity index is 865. The van der Waals surface area contributed by atoms with Crippen LogP contribution in [0.15, 0.2) is 17.6 Å². The molecule has 0 radical (unpaired) electrons. The zero-order valence-electron chi connectivity index (χ0n) is 12.2. The van der Waals surface area contributed by atoms with Gasteiger partial charge in [0, 0.05) is 17.1 Å². The SMILES string of the molecule is Cc1nc(-c2c[nH]c(C(=O)NCc3nc(C(F)(F)F)n[nH]3)c2)cs1. The Balaban J connectivity index is 1.63. The number of alkyl halides is 3. The second kappa shape index (κ2) is 6.07. The number of aromatic nitrogens is 5. The molecule has 3 N–H and O–H groups in total. The summed E-state index contributed by atoms with van der Waals surface area (Å²) in [5.41, 5.74) is 1.77. The van der Waals surface area contributed by atoms with Gasteiger partial charge in [0.15, 0.2) is 0 Å². The number of aromatic amines is 2. The number of rotatable bonds is 4. The number of nitrogens with one attached hydrogen (secondary N) is 3. The third-order valence-corrected chi connectivity index (χ3v) is 3.82. The van der Waals surface area contributed by atoms with Gasteiger partial charge < -0.3 is 10.3 Å². The minimum atomic E-state index is -4.63.